The predicted molar refractivity (Wildman–Crippen MR) is 140 cm³/mol. The van der Waals surface area contributed by atoms with Crippen molar-refractivity contribution in [2.24, 2.45) is 0 Å². The second-order valence-corrected chi connectivity index (χ2v) is 10.3. The minimum atomic E-state index is -0.260. The lowest BCUT2D eigenvalue weighted by Crippen LogP contribution is -2.38. The Kier molecular flexibility index (Phi) is 5.28. The smallest absolute Gasteiger partial charge is 0.259 e. The summed E-state index contributed by atoms with van der Waals surface area (Å²) in [4.78, 5) is 26.8. The minimum absolute atomic E-state index is 0.122. The van der Waals surface area contributed by atoms with E-state index in [4.69, 9.17) is 4.98 Å². The molecule has 6 heterocycles. The molecule has 0 saturated carbocycles. The molecule has 0 bridgehead atoms. The summed E-state index contributed by atoms with van der Waals surface area (Å²) in [5.74, 6) is 0.400. The number of aromatic nitrogens is 5. The van der Waals surface area contributed by atoms with E-state index >= 15 is 0 Å². The number of anilines is 1. The van der Waals surface area contributed by atoms with Gasteiger partial charge in [-0.1, -0.05) is 0 Å². The monoisotopic (exact) mass is 513 g/mol. The number of thiophene rings is 1. The van der Waals surface area contributed by atoms with Gasteiger partial charge in [-0.05, 0) is 48.6 Å². The maximum absolute atomic E-state index is 14.5. The normalized spacial score (nSPS) is 15.5. The van der Waals surface area contributed by atoms with Crippen LogP contribution in [0.25, 0.3) is 28.2 Å². The summed E-state index contributed by atoms with van der Waals surface area (Å²) in [5, 5.41) is 8.54. The summed E-state index contributed by atoms with van der Waals surface area (Å²) < 4.78 is 18.3. The van der Waals surface area contributed by atoms with Crippen LogP contribution in [0, 0.1) is 5.82 Å². The van der Waals surface area contributed by atoms with E-state index in [-0.39, 0.29) is 11.7 Å². The molecule has 0 unspecified atom stereocenters. The van der Waals surface area contributed by atoms with E-state index in [1.807, 2.05) is 35.2 Å². The highest BCUT2D eigenvalue weighted by molar-refractivity contribution is 7.08. The molecule has 0 aliphatic carbocycles. The van der Waals surface area contributed by atoms with Crippen molar-refractivity contribution in [3.63, 3.8) is 0 Å². The first kappa shape index (κ1) is 22.2. The number of hydrogen-bond acceptors (Lipinski definition) is 6. The summed E-state index contributed by atoms with van der Waals surface area (Å²) >= 11 is 1.61. The third kappa shape index (κ3) is 3.88. The zero-order chi connectivity index (χ0) is 24.9. The predicted octanol–water partition coefficient (Wildman–Crippen LogP) is 4.72. The molecule has 0 radical (unpaired) electrons. The first-order valence-electron chi connectivity index (χ1n) is 12.4. The van der Waals surface area contributed by atoms with Crippen LogP contribution >= 0.6 is 11.3 Å². The van der Waals surface area contributed by atoms with Gasteiger partial charge in [-0.25, -0.2) is 18.9 Å². The van der Waals surface area contributed by atoms with E-state index in [0.717, 1.165) is 60.0 Å². The van der Waals surface area contributed by atoms with E-state index < -0.39 is 0 Å². The minimum Gasteiger partial charge on any atom is -0.371 e. The van der Waals surface area contributed by atoms with Crippen molar-refractivity contribution in [3.05, 3.63) is 76.9 Å². The molecule has 1 fully saturated rings. The second kappa shape index (κ2) is 8.81. The van der Waals surface area contributed by atoms with Crippen LogP contribution in [0.5, 0.6) is 0 Å². The van der Waals surface area contributed by atoms with E-state index in [1.165, 1.54) is 6.07 Å². The van der Waals surface area contributed by atoms with Gasteiger partial charge in [0.2, 0.25) is 0 Å². The highest BCUT2D eigenvalue weighted by atomic mass is 32.1. The quantitative estimate of drug-likeness (QED) is 0.348. The van der Waals surface area contributed by atoms with Crippen LogP contribution in [0.3, 0.4) is 0 Å². The van der Waals surface area contributed by atoms with Crippen LogP contribution in [0.15, 0.2) is 59.7 Å². The molecule has 186 valence electrons. The lowest BCUT2D eigenvalue weighted by atomic mass is 10.1. The molecule has 7 rings (SSSR count). The Hall–Kier alpha value is -4.05. The lowest BCUT2D eigenvalue weighted by molar-refractivity contribution is 0.0709. The van der Waals surface area contributed by atoms with E-state index in [0.29, 0.717) is 30.8 Å². The molecule has 4 aromatic heterocycles. The number of rotatable bonds is 4. The number of hydrogen-bond donors (Lipinski definition) is 0. The van der Waals surface area contributed by atoms with Crippen molar-refractivity contribution in [2.75, 3.05) is 24.5 Å². The van der Waals surface area contributed by atoms with Gasteiger partial charge in [-0.15, -0.1) is 0 Å². The van der Waals surface area contributed by atoms with E-state index in [9.17, 15) is 9.18 Å². The molecule has 2 aliphatic rings. The average molecular weight is 514 g/mol. The third-order valence-electron chi connectivity index (χ3n) is 7.19. The molecule has 0 atom stereocenters. The van der Waals surface area contributed by atoms with E-state index in [1.54, 1.807) is 39.2 Å². The highest BCUT2D eigenvalue weighted by Crippen LogP contribution is 2.30. The fourth-order valence-corrected chi connectivity index (χ4v) is 5.94. The van der Waals surface area contributed by atoms with Crippen molar-refractivity contribution in [1.29, 1.82) is 0 Å². The Bertz CT molecular complexity index is 1620. The van der Waals surface area contributed by atoms with Crippen LogP contribution in [0.2, 0.25) is 0 Å². The number of benzene rings is 1. The number of fused-ring (bicyclic) bond motifs is 2. The van der Waals surface area contributed by atoms with E-state index in [2.05, 4.69) is 19.5 Å². The number of nitrogens with zero attached hydrogens (tertiary/aromatic N) is 7. The molecule has 2 aliphatic heterocycles. The summed E-state index contributed by atoms with van der Waals surface area (Å²) in [6.45, 7) is 3.44. The van der Waals surface area contributed by atoms with Gasteiger partial charge >= 0.3 is 0 Å². The van der Waals surface area contributed by atoms with Crippen LogP contribution in [-0.2, 0) is 13.1 Å². The van der Waals surface area contributed by atoms with Crippen molar-refractivity contribution < 1.29 is 9.18 Å². The zero-order valence-corrected chi connectivity index (χ0v) is 20.9. The molecular weight excluding hydrogens is 489 g/mol. The summed E-state index contributed by atoms with van der Waals surface area (Å²) in [6.07, 6.45) is 7.53. The number of halogens is 1. The number of imidazole rings is 1. The molecule has 1 saturated heterocycles. The fourth-order valence-electron chi connectivity index (χ4n) is 5.29. The Morgan fingerprint density at radius 3 is 2.76 bits per heavy atom. The third-order valence-corrected chi connectivity index (χ3v) is 7.87. The maximum atomic E-state index is 14.5. The van der Waals surface area contributed by atoms with Gasteiger partial charge in [-0.3, -0.25) is 4.79 Å². The average Bonchev–Trinajstić information content (AvgIpc) is 3.73. The summed E-state index contributed by atoms with van der Waals surface area (Å²) in [6, 6.07) is 9.07. The SMILES string of the molecule is O=C(c1cnn2c(-c3ccsc3)ccnc12)N1CCn2cc(-c3cc(F)cc(N4CCCC4)c3)nc2C1. The first-order valence-corrected chi connectivity index (χ1v) is 13.3. The van der Waals surface area contributed by atoms with Gasteiger partial charge in [0, 0.05) is 60.8 Å². The molecule has 10 heteroatoms. The number of amides is 1. The molecule has 0 N–H and O–H groups in total. The Morgan fingerprint density at radius 2 is 1.92 bits per heavy atom. The standard InChI is InChI=1S/C27H24FN7OS/c28-20-11-19(12-21(13-20)32-6-1-2-7-32)23-15-33-8-9-34(16-25(33)31-23)27(36)22-14-30-35-24(3-5-29-26(22)35)18-4-10-37-17-18/h3-5,10-15,17H,1-2,6-9,16H2. The van der Waals surface area contributed by atoms with Gasteiger partial charge in [0.15, 0.2) is 5.65 Å². The number of carbonyl (C=O) groups excluding carboxylic acids is 1. The molecular formula is C27H24FN7OS. The molecule has 0 spiro atoms. The maximum Gasteiger partial charge on any atom is 0.259 e. The molecule has 1 aromatic carbocycles. The number of carbonyl (C=O) groups is 1. The highest BCUT2D eigenvalue weighted by Gasteiger charge is 2.27. The van der Waals surface area contributed by atoms with Crippen LogP contribution < -0.4 is 4.90 Å². The van der Waals surface area contributed by atoms with Crippen molar-refractivity contribution in [2.45, 2.75) is 25.9 Å². The first-order chi connectivity index (χ1) is 18.1. The molecule has 8 nitrogen and oxygen atoms in total. The molecule has 1 amide bonds. The van der Waals surface area contributed by atoms with Gasteiger partial charge in [0.1, 0.15) is 17.2 Å². The molecule has 37 heavy (non-hydrogen) atoms. The Morgan fingerprint density at radius 1 is 1.03 bits per heavy atom. The summed E-state index contributed by atoms with van der Waals surface area (Å²) in [7, 11) is 0. The van der Waals surface area contributed by atoms with Crippen molar-refractivity contribution in [1.82, 2.24) is 29.0 Å². The molecule has 5 aromatic rings. The van der Waals surface area contributed by atoms with Crippen LogP contribution in [-0.4, -0.2) is 54.6 Å². The fraction of sp³-hybridized carbons (Fsp3) is 0.259. The lowest BCUT2D eigenvalue weighted by Gasteiger charge is -2.27. The Labute approximate surface area is 216 Å². The topological polar surface area (TPSA) is 71.6 Å². The summed E-state index contributed by atoms with van der Waals surface area (Å²) in [5.41, 5.74) is 5.33. The van der Waals surface area contributed by atoms with Crippen LogP contribution in [0.4, 0.5) is 10.1 Å². The van der Waals surface area contributed by atoms with Gasteiger partial charge in [0.05, 0.1) is 24.1 Å². The van der Waals surface area contributed by atoms with Crippen molar-refractivity contribution in [3.8, 4) is 22.5 Å². The van der Waals surface area contributed by atoms with Gasteiger partial charge in [-0.2, -0.15) is 16.4 Å². The van der Waals surface area contributed by atoms with Crippen LogP contribution in [0.1, 0.15) is 29.0 Å². The second-order valence-electron chi connectivity index (χ2n) is 9.49. The van der Waals surface area contributed by atoms with Gasteiger partial charge in [0.25, 0.3) is 5.91 Å². The van der Waals surface area contributed by atoms with Crippen molar-refractivity contribution >= 4 is 28.6 Å². The largest absolute Gasteiger partial charge is 0.371 e. The van der Waals surface area contributed by atoms with Gasteiger partial charge < -0.3 is 14.4 Å². The Balaban J connectivity index is 1.16. The zero-order valence-electron chi connectivity index (χ0n) is 20.0.